The molecule has 144 valence electrons. The molecule has 2 aromatic heterocycles. The van der Waals surface area contributed by atoms with Gasteiger partial charge in [0, 0.05) is 36.8 Å². The van der Waals surface area contributed by atoms with Crippen LogP contribution in [0, 0.1) is 11.6 Å². The number of hydrogen-bond acceptors (Lipinski definition) is 5. The first kappa shape index (κ1) is 17.8. The second kappa shape index (κ2) is 6.83. The molecule has 11 heteroatoms. The molecule has 0 bridgehead atoms. The number of amides is 1. The number of rotatable bonds is 3. The van der Waals surface area contributed by atoms with E-state index in [4.69, 9.17) is 0 Å². The Bertz CT molecular complexity index is 1180. The first-order valence-electron chi connectivity index (χ1n) is 8.42. The van der Waals surface area contributed by atoms with E-state index in [1.165, 1.54) is 6.07 Å². The van der Waals surface area contributed by atoms with E-state index in [0.717, 1.165) is 12.1 Å². The standard InChI is InChI=1S/C17H14F2N6O3/c18-8-1-3-10(11(19)5-8)12-7-25-6-9(2-4-13(25)21-12)20-15(26)14-16(27)22-17(28)24-23-14/h1,3,5,7,9H,2,4,6H2,(H,20,26)(H2,22,24,27,28). The molecule has 9 nitrogen and oxygen atoms in total. The Balaban J connectivity index is 1.52. The first-order valence-corrected chi connectivity index (χ1v) is 8.42. The SMILES string of the molecule is O=C(NC1CCc2nc(-c3ccc(F)cc3F)cn2C1)c1n[nH]c(=O)[nH]c1=O. The fourth-order valence-electron chi connectivity index (χ4n) is 3.14. The highest BCUT2D eigenvalue weighted by Gasteiger charge is 2.24. The molecule has 4 rings (SSSR count). The molecule has 0 aliphatic carbocycles. The molecule has 0 spiro atoms. The van der Waals surface area contributed by atoms with Crippen LogP contribution in [0.1, 0.15) is 22.7 Å². The van der Waals surface area contributed by atoms with Crippen molar-refractivity contribution in [3.05, 3.63) is 68.4 Å². The Hall–Kier alpha value is -3.63. The van der Waals surface area contributed by atoms with Crippen LogP contribution >= 0.6 is 0 Å². The lowest BCUT2D eigenvalue weighted by Gasteiger charge is -2.24. The Kier molecular flexibility index (Phi) is 4.34. The van der Waals surface area contributed by atoms with Gasteiger partial charge in [-0.25, -0.2) is 23.7 Å². The number of nitrogens with zero attached hydrogens (tertiary/aromatic N) is 3. The van der Waals surface area contributed by atoms with E-state index in [1.54, 1.807) is 10.8 Å². The van der Waals surface area contributed by atoms with E-state index in [2.05, 4.69) is 15.4 Å². The lowest BCUT2D eigenvalue weighted by molar-refractivity contribution is 0.0919. The van der Waals surface area contributed by atoms with Crippen molar-refractivity contribution in [3.8, 4) is 11.3 Å². The van der Waals surface area contributed by atoms with Crippen LogP contribution in [0.2, 0.25) is 0 Å². The van der Waals surface area contributed by atoms with Crippen molar-refractivity contribution < 1.29 is 13.6 Å². The number of carbonyl (C=O) groups is 1. The molecule has 1 unspecified atom stereocenters. The number of nitrogens with one attached hydrogen (secondary N) is 3. The highest BCUT2D eigenvalue weighted by molar-refractivity contribution is 5.91. The Morgan fingerprint density at radius 2 is 2.11 bits per heavy atom. The fraction of sp³-hybridized carbons (Fsp3) is 0.235. The van der Waals surface area contributed by atoms with Gasteiger partial charge in [0.15, 0.2) is 0 Å². The third-order valence-electron chi connectivity index (χ3n) is 4.46. The number of aromatic amines is 2. The number of halogens is 2. The summed E-state index contributed by atoms with van der Waals surface area (Å²) in [5, 5.41) is 8.16. The summed E-state index contributed by atoms with van der Waals surface area (Å²) in [5.41, 5.74) is -1.56. The molecular formula is C17H14F2N6O3. The quantitative estimate of drug-likeness (QED) is 0.597. The van der Waals surface area contributed by atoms with Crippen LogP contribution in [0.15, 0.2) is 34.0 Å². The van der Waals surface area contributed by atoms with Crippen molar-refractivity contribution >= 4 is 5.91 Å². The van der Waals surface area contributed by atoms with Crippen molar-refractivity contribution in [2.45, 2.75) is 25.4 Å². The van der Waals surface area contributed by atoms with E-state index in [-0.39, 0.29) is 11.6 Å². The number of hydrogen-bond donors (Lipinski definition) is 3. The van der Waals surface area contributed by atoms with Crippen LogP contribution in [-0.2, 0) is 13.0 Å². The van der Waals surface area contributed by atoms with Gasteiger partial charge in [-0.2, -0.15) is 5.10 Å². The van der Waals surface area contributed by atoms with Gasteiger partial charge >= 0.3 is 5.69 Å². The molecule has 1 aromatic carbocycles. The number of imidazole rings is 1. The highest BCUT2D eigenvalue weighted by atomic mass is 19.1. The molecule has 28 heavy (non-hydrogen) atoms. The van der Waals surface area contributed by atoms with Crippen LogP contribution < -0.4 is 16.6 Å². The lowest BCUT2D eigenvalue weighted by Crippen LogP contribution is -2.44. The average molecular weight is 388 g/mol. The van der Waals surface area contributed by atoms with E-state index in [9.17, 15) is 23.2 Å². The summed E-state index contributed by atoms with van der Waals surface area (Å²) >= 11 is 0. The van der Waals surface area contributed by atoms with Gasteiger partial charge < -0.3 is 9.88 Å². The predicted molar refractivity (Wildman–Crippen MR) is 92.6 cm³/mol. The number of aromatic nitrogens is 5. The van der Waals surface area contributed by atoms with Gasteiger partial charge in [-0.1, -0.05) is 0 Å². The number of carbonyl (C=O) groups excluding carboxylic acids is 1. The maximum Gasteiger partial charge on any atom is 0.342 e. The molecule has 0 saturated carbocycles. The zero-order chi connectivity index (χ0) is 19.8. The summed E-state index contributed by atoms with van der Waals surface area (Å²) < 4.78 is 28.9. The molecule has 1 amide bonds. The van der Waals surface area contributed by atoms with E-state index in [0.29, 0.717) is 30.9 Å². The molecule has 3 N–H and O–H groups in total. The highest BCUT2D eigenvalue weighted by Crippen LogP contribution is 2.25. The molecule has 0 saturated heterocycles. The largest absolute Gasteiger partial charge is 0.346 e. The summed E-state index contributed by atoms with van der Waals surface area (Å²) in [6, 6.07) is 2.97. The van der Waals surface area contributed by atoms with Gasteiger partial charge in [0.05, 0.1) is 5.69 Å². The number of fused-ring (bicyclic) bond motifs is 1. The Labute approximate surface area is 155 Å². The summed E-state index contributed by atoms with van der Waals surface area (Å²) in [5.74, 6) is -1.37. The van der Waals surface area contributed by atoms with Crippen molar-refractivity contribution in [1.29, 1.82) is 0 Å². The molecule has 0 fully saturated rings. The monoisotopic (exact) mass is 388 g/mol. The molecule has 3 aromatic rings. The number of aryl methyl sites for hydroxylation is 1. The first-order chi connectivity index (χ1) is 13.4. The molecule has 1 aliphatic rings. The van der Waals surface area contributed by atoms with Gasteiger partial charge in [-0.15, -0.1) is 0 Å². The maximum atomic E-state index is 14.0. The van der Waals surface area contributed by atoms with Crippen LogP contribution in [0.4, 0.5) is 8.78 Å². The van der Waals surface area contributed by atoms with Gasteiger partial charge in [0.25, 0.3) is 11.5 Å². The number of H-pyrrole nitrogens is 2. The fourth-order valence-corrected chi connectivity index (χ4v) is 3.14. The molecule has 1 aliphatic heterocycles. The minimum Gasteiger partial charge on any atom is -0.346 e. The zero-order valence-electron chi connectivity index (χ0n) is 14.3. The lowest BCUT2D eigenvalue weighted by atomic mass is 10.1. The van der Waals surface area contributed by atoms with Crippen LogP contribution in [0.3, 0.4) is 0 Å². The normalized spacial score (nSPS) is 15.9. The van der Waals surface area contributed by atoms with E-state index < -0.39 is 34.5 Å². The molecule has 3 heterocycles. The topological polar surface area (TPSA) is 126 Å². The van der Waals surface area contributed by atoms with Crippen LogP contribution in [0.5, 0.6) is 0 Å². The van der Waals surface area contributed by atoms with E-state index >= 15 is 0 Å². The summed E-state index contributed by atoms with van der Waals surface area (Å²) in [6.07, 6.45) is 2.70. The van der Waals surface area contributed by atoms with Crippen LogP contribution in [0.25, 0.3) is 11.3 Å². The summed E-state index contributed by atoms with van der Waals surface area (Å²) in [4.78, 5) is 41.2. The smallest absolute Gasteiger partial charge is 0.342 e. The minimum absolute atomic E-state index is 0.188. The van der Waals surface area contributed by atoms with Gasteiger partial charge in [0.1, 0.15) is 17.5 Å². The third kappa shape index (κ3) is 3.33. The van der Waals surface area contributed by atoms with Gasteiger partial charge in [0.2, 0.25) is 5.69 Å². The zero-order valence-corrected chi connectivity index (χ0v) is 14.3. The van der Waals surface area contributed by atoms with Crippen molar-refractivity contribution in [2.24, 2.45) is 0 Å². The van der Waals surface area contributed by atoms with Crippen molar-refractivity contribution in [2.75, 3.05) is 0 Å². The summed E-state index contributed by atoms with van der Waals surface area (Å²) in [6.45, 7) is 0.359. The Morgan fingerprint density at radius 3 is 2.86 bits per heavy atom. The van der Waals surface area contributed by atoms with Gasteiger partial charge in [-0.3, -0.25) is 14.6 Å². The molecule has 1 atom stereocenters. The molecule has 0 radical (unpaired) electrons. The second-order valence-corrected chi connectivity index (χ2v) is 6.38. The average Bonchev–Trinajstić information content (AvgIpc) is 3.04. The third-order valence-corrected chi connectivity index (χ3v) is 4.46. The predicted octanol–water partition coefficient (Wildman–Crippen LogP) is 0.345. The van der Waals surface area contributed by atoms with Crippen molar-refractivity contribution in [3.63, 3.8) is 0 Å². The second-order valence-electron chi connectivity index (χ2n) is 6.38. The van der Waals surface area contributed by atoms with Crippen LogP contribution in [-0.4, -0.2) is 36.7 Å². The minimum atomic E-state index is -0.880. The molecular weight excluding hydrogens is 374 g/mol. The van der Waals surface area contributed by atoms with Gasteiger partial charge in [-0.05, 0) is 18.6 Å². The van der Waals surface area contributed by atoms with E-state index in [1.807, 2.05) is 10.1 Å². The number of benzene rings is 1. The van der Waals surface area contributed by atoms with Crippen molar-refractivity contribution in [1.82, 2.24) is 30.0 Å². The summed E-state index contributed by atoms with van der Waals surface area (Å²) in [7, 11) is 0. The maximum absolute atomic E-state index is 14.0. The Morgan fingerprint density at radius 1 is 1.29 bits per heavy atom.